The lowest BCUT2D eigenvalue weighted by molar-refractivity contribution is 0.0997. The molecule has 6 heteroatoms. The van der Waals surface area contributed by atoms with E-state index in [4.69, 9.17) is 28.9 Å². The Balaban J connectivity index is 1.83. The number of carbonyl (C=O) groups is 2. The number of halogens is 2. The van der Waals surface area contributed by atoms with E-state index in [1.165, 1.54) is 0 Å². The molecule has 130 valence electrons. The van der Waals surface area contributed by atoms with Crippen LogP contribution in [0.25, 0.3) is 11.1 Å². The molecule has 0 aromatic heterocycles. The van der Waals surface area contributed by atoms with Gasteiger partial charge in [0.05, 0.1) is 10.7 Å². The zero-order chi connectivity index (χ0) is 18.7. The first-order valence-electron chi connectivity index (χ1n) is 7.71. The summed E-state index contributed by atoms with van der Waals surface area (Å²) in [7, 11) is 0. The lowest BCUT2D eigenvalue weighted by Gasteiger charge is -2.10. The number of carbonyl (C=O) groups excluding carboxylic acids is 2. The number of hydrogen-bond donors (Lipinski definition) is 2. The average molecular weight is 385 g/mol. The number of nitrogens with two attached hydrogens (primary N) is 1. The van der Waals surface area contributed by atoms with Gasteiger partial charge >= 0.3 is 0 Å². The summed E-state index contributed by atoms with van der Waals surface area (Å²) in [6, 6.07) is 18.7. The summed E-state index contributed by atoms with van der Waals surface area (Å²) in [6.07, 6.45) is 0. The van der Waals surface area contributed by atoms with Crippen molar-refractivity contribution in [2.24, 2.45) is 5.73 Å². The zero-order valence-corrected chi connectivity index (χ0v) is 15.0. The number of primary amides is 1. The third kappa shape index (κ3) is 4.04. The van der Waals surface area contributed by atoms with Gasteiger partial charge in [0.15, 0.2) is 0 Å². The van der Waals surface area contributed by atoms with Crippen molar-refractivity contribution in [1.29, 1.82) is 0 Å². The van der Waals surface area contributed by atoms with Gasteiger partial charge in [0.2, 0.25) is 5.91 Å². The maximum absolute atomic E-state index is 12.3. The standard InChI is InChI=1S/C20H14Cl2N2O2/c21-16-7-4-12(5-8-16)20(26)24-18-9-6-14(11-17(18)22)13-2-1-3-15(10-13)19(23)25/h1-11H,(H2,23,25)(H,24,26). The van der Waals surface area contributed by atoms with Crippen LogP contribution in [0.2, 0.25) is 10.0 Å². The molecule has 0 unspecified atom stereocenters. The van der Waals surface area contributed by atoms with Gasteiger partial charge in [0.1, 0.15) is 0 Å². The number of rotatable bonds is 4. The second-order valence-corrected chi connectivity index (χ2v) is 6.44. The number of nitrogens with one attached hydrogen (secondary N) is 1. The minimum Gasteiger partial charge on any atom is -0.366 e. The highest BCUT2D eigenvalue weighted by Gasteiger charge is 2.10. The van der Waals surface area contributed by atoms with Gasteiger partial charge in [-0.1, -0.05) is 41.4 Å². The fourth-order valence-corrected chi connectivity index (χ4v) is 2.80. The lowest BCUT2D eigenvalue weighted by atomic mass is 10.0. The first-order chi connectivity index (χ1) is 12.4. The van der Waals surface area contributed by atoms with Crippen molar-refractivity contribution in [1.82, 2.24) is 0 Å². The van der Waals surface area contributed by atoms with Crippen molar-refractivity contribution in [2.45, 2.75) is 0 Å². The summed E-state index contributed by atoms with van der Waals surface area (Å²) in [5.74, 6) is -0.781. The minimum absolute atomic E-state index is 0.285. The van der Waals surface area contributed by atoms with Crippen molar-refractivity contribution in [3.05, 3.63) is 87.9 Å². The Labute approximate surface area is 160 Å². The van der Waals surface area contributed by atoms with E-state index < -0.39 is 5.91 Å². The van der Waals surface area contributed by atoms with Gasteiger partial charge < -0.3 is 11.1 Å². The lowest BCUT2D eigenvalue weighted by Crippen LogP contribution is -2.12. The predicted molar refractivity (Wildman–Crippen MR) is 105 cm³/mol. The number of amides is 2. The van der Waals surface area contributed by atoms with Crippen LogP contribution in [-0.4, -0.2) is 11.8 Å². The molecule has 0 radical (unpaired) electrons. The van der Waals surface area contributed by atoms with Gasteiger partial charge in [-0.3, -0.25) is 9.59 Å². The SMILES string of the molecule is NC(=O)c1cccc(-c2ccc(NC(=O)c3ccc(Cl)cc3)c(Cl)c2)c1. The second kappa shape index (κ2) is 7.60. The van der Waals surface area contributed by atoms with Gasteiger partial charge in [-0.05, 0) is 59.7 Å². The van der Waals surface area contributed by atoms with Crippen molar-refractivity contribution in [2.75, 3.05) is 5.32 Å². The Kier molecular flexibility index (Phi) is 5.26. The molecule has 2 amide bonds. The Hall–Kier alpha value is -2.82. The first kappa shape index (κ1) is 18.0. The monoisotopic (exact) mass is 384 g/mol. The normalized spacial score (nSPS) is 10.4. The Morgan fingerprint density at radius 3 is 2.15 bits per heavy atom. The fraction of sp³-hybridized carbons (Fsp3) is 0. The molecule has 0 atom stereocenters. The van der Waals surface area contributed by atoms with E-state index in [-0.39, 0.29) is 5.91 Å². The molecule has 0 aliphatic rings. The molecule has 4 nitrogen and oxygen atoms in total. The molecule has 3 N–H and O–H groups in total. The van der Waals surface area contributed by atoms with Crippen LogP contribution in [0.4, 0.5) is 5.69 Å². The van der Waals surface area contributed by atoms with E-state index in [2.05, 4.69) is 5.32 Å². The summed E-state index contributed by atoms with van der Waals surface area (Å²) in [6.45, 7) is 0. The molecule has 0 aliphatic heterocycles. The van der Waals surface area contributed by atoms with Crippen LogP contribution < -0.4 is 11.1 Å². The van der Waals surface area contributed by atoms with Crippen LogP contribution in [0, 0.1) is 0 Å². The van der Waals surface area contributed by atoms with E-state index in [0.29, 0.717) is 26.9 Å². The summed E-state index contributed by atoms with van der Waals surface area (Å²) < 4.78 is 0. The van der Waals surface area contributed by atoms with Crippen molar-refractivity contribution >= 4 is 40.7 Å². The smallest absolute Gasteiger partial charge is 0.255 e. The van der Waals surface area contributed by atoms with E-state index in [1.54, 1.807) is 54.6 Å². The molecular weight excluding hydrogens is 371 g/mol. The van der Waals surface area contributed by atoms with Crippen molar-refractivity contribution in [3.8, 4) is 11.1 Å². The van der Waals surface area contributed by atoms with Crippen molar-refractivity contribution < 1.29 is 9.59 Å². The maximum atomic E-state index is 12.3. The van der Waals surface area contributed by atoms with E-state index in [0.717, 1.165) is 11.1 Å². The minimum atomic E-state index is -0.496. The van der Waals surface area contributed by atoms with E-state index >= 15 is 0 Å². The molecule has 0 saturated heterocycles. The number of benzene rings is 3. The highest BCUT2D eigenvalue weighted by atomic mass is 35.5. The highest BCUT2D eigenvalue weighted by molar-refractivity contribution is 6.34. The molecule has 3 rings (SSSR count). The van der Waals surface area contributed by atoms with E-state index in [1.807, 2.05) is 12.1 Å². The van der Waals surface area contributed by atoms with Gasteiger partial charge in [-0.2, -0.15) is 0 Å². The zero-order valence-electron chi connectivity index (χ0n) is 13.5. The summed E-state index contributed by atoms with van der Waals surface area (Å²) >= 11 is 12.1. The number of anilines is 1. The predicted octanol–water partition coefficient (Wildman–Crippen LogP) is 5.01. The Morgan fingerprint density at radius 2 is 1.50 bits per heavy atom. The third-order valence-corrected chi connectivity index (χ3v) is 4.37. The summed E-state index contributed by atoms with van der Waals surface area (Å²) in [4.78, 5) is 23.6. The van der Waals surface area contributed by atoms with Crippen LogP contribution in [0.5, 0.6) is 0 Å². The molecule has 0 spiro atoms. The van der Waals surface area contributed by atoms with Gasteiger partial charge in [-0.25, -0.2) is 0 Å². The van der Waals surface area contributed by atoms with Crippen LogP contribution in [-0.2, 0) is 0 Å². The molecule has 26 heavy (non-hydrogen) atoms. The third-order valence-electron chi connectivity index (χ3n) is 3.80. The fourth-order valence-electron chi connectivity index (χ4n) is 2.44. The first-order valence-corrected chi connectivity index (χ1v) is 8.46. The molecule has 3 aromatic rings. The van der Waals surface area contributed by atoms with E-state index in [9.17, 15) is 9.59 Å². The van der Waals surface area contributed by atoms with Gasteiger partial charge in [0, 0.05) is 16.1 Å². The van der Waals surface area contributed by atoms with Crippen LogP contribution >= 0.6 is 23.2 Å². The quantitative estimate of drug-likeness (QED) is 0.663. The largest absolute Gasteiger partial charge is 0.366 e. The van der Waals surface area contributed by atoms with Crippen LogP contribution in [0.15, 0.2) is 66.7 Å². The Bertz CT molecular complexity index is 985. The van der Waals surface area contributed by atoms with Crippen molar-refractivity contribution in [3.63, 3.8) is 0 Å². The van der Waals surface area contributed by atoms with Gasteiger partial charge in [-0.15, -0.1) is 0 Å². The Morgan fingerprint density at radius 1 is 0.808 bits per heavy atom. The van der Waals surface area contributed by atoms with Gasteiger partial charge in [0.25, 0.3) is 5.91 Å². The summed E-state index contributed by atoms with van der Waals surface area (Å²) in [5.41, 5.74) is 8.30. The summed E-state index contributed by atoms with van der Waals surface area (Å²) in [5, 5.41) is 3.71. The molecule has 0 aliphatic carbocycles. The molecule has 0 heterocycles. The molecule has 0 bridgehead atoms. The maximum Gasteiger partial charge on any atom is 0.255 e. The van der Waals surface area contributed by atoms with Crippen LogP contribution in [0.3, 0.4) is 0 Å². The second-order valence-electron chi connectivity index (χ2n) is 5.60. The highest BCUT2D eigenvalue weighted by Crippen LogP contribution is 2.29. The molecule has 0 saturated carbocycles. The average Bonchev–Trinajstić information content (AvgIpc) is 2.64. The molecule has 0 fully saturated rings. The molecular formula is C20H14Cl2N2O2. The van der Waals surface area contributed by atoms with Crippen LogP contribution in [0.1, 0.15) is 20.7 Å². The molecule has 3 aromatic carbocycles. The number of hydrogen-bond acceptors (Lipinski definition) is 2. The topological polar surface area (TPSA) is 72.2 Å².